The molecule has 0 aliphatic heterocycles. The van der Waals surface area contributed by atoms with E-state index in [1.54, 1.807) is 0 Å². The van der Waals surface area contributed by atoms with E-state index in [2.05, 4.69) is 10.4 Å². The summed E-state index contributed by atoms with van der Waals surface area (Å²) in [5.41, 5.74) is 0.317. The Balaban J connectivity index is 2.48. The largest absolute Gasteiger partial charge is 0.354 e. The molecule has 1 aromatic heterocycles. The lowest BCUT2D eigenvalue weighted by atomic mass is 10.1. The van der Waals surface area contributed by atoms with Crippen molar-refractivity contribution in [2.45, 2.75) is 6.92 Å². The van der Waals surface area contributed by atoms with E-state index in [0.29, 0.717) is 5.69 Å². The number of ketones is 1. The molecule has 0 unspecified atom stereocenters. The Kier molecular flexibility index (Phi) is 3.79. The molecule has 21 heavy (non-hydrogen) atoms. The fourth-order valence-electron chi connectivity index (χ4n) is 1.83. The average molecular weight is 288 g/mol. The van der Waals surface area contributed by atoms with Gasteiger partial charge in [-0.15, -0.1) is 0 Å². The van der Waals surface area contributed by atoms with Crippen molar-refractivity contribution in [2.24, 2.45) is 0 Å². The van der Waals surface area contributed by atoms with Crippen LogP contribution in [0.5, 0.6) is 0 Å². The van der Waals surface area contributed by atoms with Crippen molar-refractivity contribution in [3.05, 3.63) is 51.8 Å². The van der Waals surface area contributed by atoms with E-state index in [-0.39, 0.29) is 28.6 Å². The van der Waals surface area contributed by atoms with Crippen LogP contribution in [0.2, 0.25) is 0 Å². The summed E-state index contributed by atoms with van der Waals surface area (Å²) in [4.78, 5) is 33.2. The van der Waals surface area contributed by atoms with Gasteiger partial charge in [0.15, 0.2) is 11.5 Å². The van der Waals surface area contributed by atoms with Gasteiger partial charge in [0.05, 0.1) is 16.2 Å². The minimum absolute atomic E-state index is 0.0300. The number of hydrogen-bond donors (Lipinski definition) is 1. The molecular formula is C13H12N4O4. The maximum absolute atomic E-state index is 11.4. The third-order valence-corrected chi connectivity index (χ3v) is 2.87. The number of nitrogens with zero attached hydrogens (tertiary/aromatic N) is 3. The summed E-state index contributed by atoms with van der Waals surface area (Å²) in [6.45, 7) is 1.26. The lowest BCUT2D eigenvalue weighted by Crippen LogP contribution is -2.18. The lowest BCUT2D eigenvalue weighted by Gasteiger charge is -2.04. The molecule has 0 aliphatic carbocycles. The van der Waals surface area contributed by atoms with Gasteiger partial charge >= 0.3 is 0 Å². The number of nitro benzene ring substituents is 1. The molecule has 108 valence electrons. The van der Waals surface area contributed by atoms with Gasteiger partial charge in [0.2, 0.25) is 0 Å². The van der Waals surface area contributed by atoms with Crippen LogP contribution >= 0.6 is 0 Å². The minimum Gasteiger partial charge on any atom is -0.354 e. The van der Waals surface area contributed by atoms with Gasteiger partial charge in [-0.2, -0.15) is 5.10 Å². The topological polar surface area (TPSA) is 107 Å². The van der Waals surface area contributed by atoms with Crippen LogP contribution in [-0.2, 0) is 0 Å². The van der Waals surface area contributed by atoms with Crippen LogP contribution in [0.3, 0.4) is 0 Å². The zero-order valence-corrected chi connectivity index (χ0v) is 11.4. The summed E-state index contributed by atoms with van der Waals surface area (Å²) < 4.78 is 1.33. The monoisotopic (exact) mass is 288 g/mol. The summed E-state index contributed by atoms with van der Waals surface area (Å²) in [6, 6.07) is 5.64. The highest BCUT2D eigenvalue weighted by Gasteiger charge is 2.19. The van der Waals surface area contributed by atoms with Crippen LogP contribution in [0.25, 0.3) is 5.69 Å². The van der Waals surface area contributed by atoms with Crippen molar-refractivity contribution in [3.63, 3.8) is 0 Å². The fraction of sp³-hybridized carbons (Fsp3) is 0.154. The van der Waals surface area contributed by atoms with Gasteiger partial charge in [-0.3, -0.25) is 19.7 Å². The van der Waals surface area contributed by atoms with E-state index >= 15 is 0 Å². The molecule has 8 nitrogen and oxygen atoms in total. The predicted octanol–water partition coefficient (Wildman–Crippen LogP) is 1.34. The molecule has 0 saturated carbocycles. The van der Waals surface area contributed by atoms with Gasteiger partial charge in [-0.25, -0.2) is 4.68 Å². The van der Waals surface area contributed by atoms with Crippen LogP contribution in [-0.4, -0.2) is 33.4 Å². The normalized spacial score (nSPS) is 10.2. The number of Topliss-reactive ketones (excluding diaryl/α,β-unsaturated/α-hetero) is 1. The SMILES string of the molecule is CNC(=O)c1ccn(-c2ccc(C(C)=O)c([N+](=O)[O-])c2)n1. The molecule has 1 heterocycles. The summed E-state index contributed by atoms with van der Waals surface area (Å²) in [5, 5.41) is 17.5. The minimum atomic E-state index is -0.622. The Morgan fingerprint density at radius 1 is 1.33 bits per heavy atom. The van der Waals surface area contributed by atoms with Gasteiger partial charge in [0.1, 0.15) is 0 Å². The quantitative estimate of drug-likeness (QED) is 0.519. The van der Waals surface area contributed by atoms with E-state index in [0.717, 1.165) is 0 Å². The number of nitrogens with one attached hydrogen (secondary N) is 1. The van der Waals surface area contributed by atoms with Crippen LogP contribution in [0, 0.1) is 10.1 Å². The van der Waals surface area contributed by atoms with Gasteiger partial charge < -0.3 is 5.32 Å². The van der Waals surface area contributed by atoms with Crippen molar-refractivity contribution in [1.29, 1.82) is 0 Å². The smallest absolute Gasteiger partial charge is 0.282 e. The Bertz CT molecular complexity index is 736. The number of hydrogen-bond acceptors (Lipinski definition) is 5. The van der Waals surface area contributed by atoms with E-state index in [1.165, 1.54) is 49.1 Å². The molecule has 2 rings (SSSR count). The Labute approximate surface area is 119 Å². The van der Waals surface area contributed by atoms with Gasteiger partial charge in [0, 0.05) is 19.3 Å². The lowest BCUT2D eigenvalue weighted by molar-refractivity contribution is -0.385. The number of benzene rings is 1. The molecule has 0 fully saturated rings. The van der Waals surface area contributed by atoms with Crippen LogP contribution in [0.15, 0.2) is 30.5 Å². The molecule has 1 amide bonds. The summed E-state index contributed by atoms with van der Waals surface area (Å²) in [5.74, 6) is -0.747. The molecule has 0 atom stereocenters. The highest BCUT2D eigenvalue weighted by Crippen LogP contribution is 2.22. The first-order valence-electron chi connectivity index (χ1n) is 6.01. The highest BCUT2D eigenvalue weighted by atomic mass is 16.6. The second-order valence-electron chi connectivity index (χ2n) is 4.24. The van der Waals surface area contributed by atoms with Crippen LogP contribution in [0.4, 0.5) is 5.69 Å². The molecule has 0 spiro atoms. The maximum atomic E-state index is 11.4. The average Bonchev–Trinajstić information content (AvgIpc) is 2.95. The number of rotatable bonds is 4. The van der Waals surface area contributed by atoms with Gasteiger partial charge in [-0.1, -0.05) is 0 Å². The van der Waals surface area contributed by atoms with Crippen molar-refractivity contribution in [2.75, 3.05) is 7.05 Å². The first kappa shape index (κ1) is 14.4. The van der Waals surface area contributed by atoms with Gasteiger partial charge in [-0.05, 0) is 25.1 Å². The molecule has 0 bridgehead atoms. The molecule has 2 aromatic rings. The molecule has 1 aromatic carbocycles. The zero-order valence-electron chi connectivity index (χ0n) is 11.4. The number of amides is 1. The fourth-order valence-corrected chi connectivity index (χ4v) is 1.83. The highest BCUT2D eigenvalue weighted by molar-refractivity contribution is 5.98. The summed E-state index contributed by atoms with van der Waals surface area (Å²) in [6.07, 6.45) is 1.51. The van der Waals surface area contributed by atoms with Crippen molar-refractivity contribution < 1.29 is 14.5 Å². The summed E-state index contributed by atoms with van der Waals surface area (Å²) >= 11 is 0. The van der Waals surface area contributed by atoms with Crippen LogP contribution < -0.4 is 5.32 Å². The van der Waals surface area contributed by atoms with E-state index in [9.17, 15) is 19.7 Å². The molecular weight excluding hydrogens is 276 g/mol. The van der Waals surface area contributed by atoms with Gasteiger partial charge in [0.25, 0.3) is 11.6 Å². The van der Waals surface area contributed by atoms with Crippen molar-refractivity contribution in [3.8, 4) is 5.69 Å². The van der Waals surface area contributed by atoms with E-state index < -0.39 is 4.92 Å². The second-order valence-corrected chi connectivity index (χ2v) is 4.24. The van der Waals surface area contributed by atoms with Crippen molar-refractivity contribution >= 4 is 17.4 Å². The standard InChI is InChI=1S/C13H12N4O4/c1-8(18)10-4-3-9(7-12(10)17(20)21)16-6-5-11(15-16)13(19)14-2/h3-7H,1-2H3,(H,14,19). The Morgan fingerprint density at radius 3 is 2.62 bits per heavy atom. The first-order valence-corrected chi connectivity index (χ1v) is 6.01. The molecule has 8 heteroatoms. The van der Waals surface area contributed by atoms with Crippen LogP contribution in [0.1, 0.15) is 27.8 Å². The molecule has 0 radical (unpaired) electrons. The predicted molar refractivity (Wildman–Crippen MR) is 73.6 cm³/mol. The number of nitro groups is 1. The Hall–Kier alpha value is -3.03. The molecule has 1 N–H and O–H groups in total. The maximum Gasteiger partial charge on any atom is 0.282 e. The van der Waals surface area contributed by atoms with Crippen molar-refractivity contribution in [1.82, 2.24) is 15.1 Å². The van der Waals surface area contributed by atoms with E-state index in [4.69, 9.17) is 0 Å². The molecule has 0 saturated heterocycles. The second kappa shape index (κ2) is 5.53. The number of carbonyl (C=O) groups excluding carboxylic acids is 2. The number of aromatic nitrogens is 2. The third kappa shape index (κ3) is 2.78. The first-order chi connectivity index (χ1) is 9.93. The Morgan fingerprint density at radius 2 is 2.05 bits per heavy atom. The number of carbonyl (C=O) groups is 2. The zero-order chi connectivity index (χ0) is 15.6. The molecule has 0 aliphatic rings. The third-order valence-electron chi connectivity index (χ3n) is 2.87. The van der Waals surface area contributed by atoms with E-state index in [1.807, 2.05) is 0 Å². The summed E-state index contributed by atoms with van der Waals surface area (Å²) in [7, 11) is 1.48.